The zero-order valence-electron chi connectivity index (χ0n) is 10.5. The molecular formula is C12H18N2O4. The van der Waals surface area contributed by atoms with E-state index in [9.17, 15) is 14.7 Å². The van der Waals surface area contributed by atoms with Gasteiger partial charge < -0.3 is 20.2 Å². The van der Waals surface area contributed by atoms with Gasteiger partial charge in [-0.2, -0.15) is 0 Å². The van der Waals surface area contributed by atoms with E-state index < -0.39 is 5.60 Å². The van der Waals surface area contributed by atoms with Crippen LogP contribution in [0.4, 0.5) is 0 Å². The van der Waals surface area contributed by atoms with Crippen molar-refractivity contribution in [2.75, 3.05) is 13.1 Å². The molecule has 0 radical (unpaired) electrons. The summed E-state index contributed by atoms with van der Waals surface area (Å²) in [6.45, 7) is 3.63. The van der Waals surface area contributed by atoms with Gasteiger partial charge in [-0.25, -0.2) is 0 Å². The average Bonchev–Trinajstić information content (AvgIpc) is 2.78. The Bertz CT molecular complexity index is 393. The lowest BCUT2D eigenvalue weighted by Crippen LogP contribution is -2.39. The van der Waals surface area contributed by atoms with E-state index in [1.807, 2.05) is 0 Å². The molecule has 1 rings (SSSR count). The van der Waals surface area contributed by atoms with Gasteiger partial charge >= 0.3 is 0 Å². The zero-order valence-corrected chi connectivity index (χ0v) is 10.5. The van der Waals surface area contributed by atoms with E-state index >= 15 is 0 Å². The second-order valence-electron chi connectivity index (χ2n) is 4.61. The van der Waals surface area contributed by atoms with Gasteiger partial charge in [0, 0.05) is 19.5 Å². The maximum atomic E-state index is 11.5. The maximum absolute atomic E-state index is 11.5. The molecule has 1 aromatic rings. The van der Waals surface area contributed by atoms with Crippen LogP contribution < -0.4 is 10.6 Å². The Morgan fingerprint density at radius 2 is 2.11 bits per heavy atom. The number of amides is 2. The Labute approximate surface area is 105 Å². The number of aliphatic hydroxyl groups is 1. The smallest absolute Gasteiger partial charge is 0.254 e. The molecule has 0 aliphatic carbocycles. The second kappa shape index (κ2) is 6.20. The molecule has 18 heavy (non-hydrogen) atoms. The topological polar surface area (TPSA) is 91.6 Å². The number of nitrogens with one attached hydrogen (secondary N) is 2. The molecule has 0 aliphatic rings. The van der Waals surface area contributed by atoms with Gasteiger partial charge in [-0.15, -0.1) is 0 Å². The van der Waals surface area contributed by atoms with Crippen LogP contribution in [-0.4, -0.2) is 35.6 Å². The molecule has 0 atom stereocenters. The molecule has 0 aliphatic heterocycles. The molecule has 1 aromatic heterocycles. The predicted octanol–water partition coefficient (Wildman–Crippen LogP) is 0.287. The van der Waals surface area contributed by atoms with Crippen molar-refractivity contribution in [3.8, 4) is 0 Å². The van der Waals surface area contributed by atoms with Gasteiger partial charge in [0.2, 0.25) is 5.91 Å². The minimum atomic E-state index is -0.935. The third kappa shape index (κ3) is 5.49. The van der Waals surface area contributed by atoms with Gasteiger partial charge in [0.1, 0.15) is 6.26 Å². The molecule has 0 spiro atoms. The average molecular weight is 254 g/mol. The molecule has 0 aromatic carbocycles. The zero-order chi connectivity index (χ0) is 13.6. The van der Waals surface area contributed by atoms with E-state index in [0.29, 0.717) is 5.56 Å². The van der Waals surface area contributed by atoms with Crippen LogP contribution in [0, 0.1) is 0 Å². The van der Waals surface area contributed by atoms with Crippen molar-refractivity contribution in [1.29, 1.82) is 0 Å². The van der Waals surface area contributed by atoms with Crippen molar-refractivity contribution < 1.29 is 19.1 Å². The first kappa shape index (κ1) is 14.2. The van der Waals surface area contributed by atoms with Gasteiger partial charge in [0.25, 0.3) is 5.91 Å². The van der Waals surface area contributed by atoms with Crippen molar-refractivity contribution in [2.24, 2.45) is 0 Å². The quantitative estimate of drug-likeness (QED) is 0.680. The molecule has 6 nitrogen and oxygen atoms in total. The summed E-state index contributed by atoms with van der Waals surface area (Å²) in [4.78, 5) is 22.8. The SMILES string of the molecule is CC(C)(O)CNC(=O)CCNC(=O)c1ccoc1. The number of carbonyl (C=O) groups is 2. The van der Waals surface area contributed by atoms with Crippen molar-refractivity contribution in [3.05, 3.63) is 24.2 Å². The molecule has 6 heteroatoms. The minimum Gasteiger partial charge on any atom is -0.472 e. The van der Waals surface area contributed by atoms with Crippen molar-refractivity contribution in [2.45, 2.75) is 25.9 Å². The summed E-state index contributed by atoms with van der Waals surface area (Å²) in [6.07, 6.45) is 2.91. The standard InChI is InChI=1S/C12H18N2O4/c1-12(2,17)8-14-10(15)3-5-13-11(16)9-4-6-18-7-9/h4,6-7,17H,3,5,8H2,1-2H3,(H,13,16)(H,14,15). The first-order valence-corrected chi connectivity index (χ1v) is 5.68. The number of rotatable bonds is 6. The summed E-state index contributed by atoms with van der Waals surface area (Å²) in [7, 11) is 0. The van der Waals surface area contributed by atoms with E-state index in [4.69, 9.17) is 4.42 Å². The fourth-order valence-electron chi connectivity index (χ4n) is 1.19. The summed E-state index contributed by atoms with van der Waals surface area (Å²) < 4.78 is 4.77. The van der Waals surface area contributed by atoms with E-state index in [-0.39, 0.29) is 31.3 Å². The van der Waals surface area contributed by atoms with E-state index in [1.54, 1.807) is 19.9 Å². The second-order valence-corrected chi connectivity index (χ2v) is 4.61. The van der Waals surface area contributed by atoms with Crippen LogP contribution in [0.2, 0.25) is 0 Å². The number of hydrogen-bond acceptors (Lipinski definition) is 4. The Hall–Kier alpha value is -1.82. The lowest BCUT2D eigenvalue weighted by molar-refractivity contribution is -0.121. The molecule has 1 heterocycles. The van der Waals surface area contributed by atoms with Crippen LogP contribution in [-0.2, 0) is 4.79 Å². The molecule has 0 saturated heterocycles. The van der Waals surface area contributed by atoms with Gasteiger partial charge in [0.15, 0.2) is 0 Å². The molecule has 0 fully saturated rings. The lowest BCUT2D eigenvalue weighted by Gasteiger charge is -2.17. The maximum Gasteiger partial charge on any atom is 0.254 e. The highest BCUT2D eigenvalue weighted by Crippen LogP contribution is 1.99. The summed E-state index contributed by atoms with van der Waals surface area (Å²) in [6, 6.07) is 1.55. The molecule has 100 valence electrons. The molecule has 3 N–H and O–H groups in total. The van der Waals surface area contributed by atoms with Gasteiger partial charge in [-0.3, -0.25) is 9.59 Å². The number of furan rings is 1. The number of hydrogen-bond donors (Lipinski definition) is 3. The van der Waals surface area contributed by atoms with Crippen LogP contribution in [0.3, 0.4) is 0 Å². The molecule has 0 bridgehead atoms. The Morgan fingerprint density at radius 3 is 2.67 bits per heavy atom. The fourth-order valence-corrected chi connectivity index (χ4v) is 1.19. The van der Waals surface area contributed by atoms with Crippen LogP contribution in [0.25, 0.3) is 0 Å². The van der Waals surface area contributed by atoms with Crippen LogP contribution in [0.5, 0.6) is 0 Å². The monoisotopic (exact) mass is 254 g/mol. The third-order valence-electron chi connectivity index (χ3n) is 2.14. The van der Waals surface area contributed by atoms with Crippen LogP contribution in [0.15, 0.2) is 23.0 Å². The van der Waals surface area contributed by atoms with Gasteiger partial charge in [-0.05, 0) is 19.9 Å². The summed E-state index contributed by atoms with van der Waals surface area (Å²) in [5, 5.41) is 14.6. The largest absolute Gasteiger partial charge is 0.472 e. The Balaban J connectivity index is 2.18. The number of carbonyl (C=O) groups excluding carboxylic acids is 2. The first-order valence-electron chi connectivity index (χ1n) is 5.68. The highest BCUT2D eigenvalue weighted by molar-refractivity contribution is 5.93. The van der Waals surface area contributed by atoms with E-state index in [0.717, 1.165) is 0 Å². The lowest BCUT2D eigenvalue weighted by atomic mass is 10.1. The van der Waals surface area contributed by atoms with E-state index in [2.05, 4.69) is 10.6 Å². The molecular weight excluding hydrogens is 236 g/mol. The van der Waals surface area contributed by atoms with E-state index in [1.165, 1.54) is 12.5 Å². The first-order chi connectivity index (χ1) is 8.38. The van der Waals surface area contributed by atoms with Crippen LogP contribution in [0.1, 0.15) is 30.6 Å². The molecule has 2 amide bonds. The highest BCUT2D eigenvalue weighted by atomic mass is 16.3. The molecule has 0 saturated carbocycles. The van der Waals surface area contributed by atoms with Gasteiger partial charge in [0.05, 0.1) is 17.4 Å². The highest BCUT2D eigenvalue weighted by Gasteiger charge is 2.14. The Kier molecular flexibility index (Phi) is 4.91. The van der Waals surface area contributed by atoms with Gasteiger partial charge in [-0.1, -0.05) is 0 Å². The predicted molar refractivity (Wildman–Crippen MR) is 65.0 cm³/mol. The minimum absolute atomic E-state index is 0.166. The Morgan fingerprint density at radius 1 is 1.39 bits per heavy atom. The van der Waals surface area contributed by atoms with Crippen molar-refractivity contribution >= 4 is 11.8 Å². The summed E-state index contributed by atoms with van der Waals surface area (Å²) in [5.74, 6) is -0.497. The van der Waals surface area contributed by atoms with Crippen molar-refractivity contribution in [1.82, 2.24) is 10.6 Å². The fraction of sp³-hybridized carbons (Fsp3) is 0.500. The summed E-state index contributed by atoms with van der Waals surface area (Å²) in [5.41, 5.74) is -0.512. The van der Waals surface area contributed by atoms with Crippen molar-refractivity contribution in [3.63, 3.8) is 0 Å². The van der Waals surface area contributed by atoms with Crippen LogP contribution >= 0.6 is 0 Å². The molecule has 0 unspecified atom stereocenters. The normalized spacial score (nSPS) is 11.1. The summed E-state index contributed by atoms with van der Waals surface area (Å²) >= 11 is 0. The third-order valence-corrected chi connectivity index (χ3v) is 2.14.